The van der Waals surface area contributed by atoms with Crippen LogP contribution in [0.2, 0.25) is 0 Å². The van der Waals surface area contributed by atoms with Gasteiger partial charge in [0, 0.05) is 13.1 Å². The van der Waals surface area contributed by atoms with Crippen LogP contribution in [-0.2, 0) is 11.3 Å². The maximum Gasteiger partial charge on any atom is 0.265 e. The Balaban J connectivity index is 1.84. The van der Waals surface area contributed by atoms with Crippen LogP contribution >= 0.6 is 11.3 Å². The van der Waals surface area contributed by atoms with E-state index in [2.05, 4.69) is 5.32 Å². The lowest BCUT2D eigenvalue weighted by Crippen LogP contribution is -2.45. The van der Waals surface area contributed by atoms with Crippen molar-refractivity contribution >= 4 is 23.2 Å². The monoisotopic (exact) mass is 250 g/mol. The summed E-state index contributed by atoms with van der Waals surface area (Å²) in [5.74, 6) is 0.0306. The second-order valence-corrected chi connectivity index (χ2v) is 5.43. The van der Waals surface area contributed by atoms with E-state index in [-0.39, 0.29) is 17.9 Å². The van der Waals surface area contributed by atoms with E-state index in [0.29, 0.717) is 6.54 Å². The summed E-state index contributed by atoms with van der Waals surface area (Å²) >= 11 is 1.47. The van der Waals surface area contributed by atoms with Gasteiger partial charge in [-0.2, -0.15) is 0 Å². The van der Waals surface area contributed by atoms with Gasteiger partial charge in [-0.05, 0) is 36.3 Å². The summed E-state index contributed by atoms with van der Waals surface area (Å²) in [5, 5.41) is 4.82. The minimum Gasteiger partial charge on any atom is -0.354 e. The van der Waals surface area contributed by atoms with E-state index in [1.54, 1.807) is 4.90 Å². The minimum absolute atomic E-state index is 0.00556. The van der Waals surface area contributed by atoms with Gasteiger partial charge in [0.15, 0.2) is 0 Å². The van der Waals surface area contributed by atoms with Crippen molar-refractivity contribution in [3.8, 4) is 0 Å². The lowest BCUT2D eigenvalue weighted by Gasteiger charge is -2.25. The SMILES string of the molecule is O=C1NCCCC[C@@H]1N1Cc2ccsc2C1=O. The summed E-state index contributed by atoms with van der Waals surface area (Å²) in [7, 11) is 0. The highest BCUT2D eigenvalue weighted by Gasteiger charge is 2.37. The largest absolute Gasteiger partial charge is 0.354 e. The number of carbonyl (C=O) groups excluding carboxylic acids is 2. The van der Waals surface area contributed by atoms with Gasteiger partial charge < -0.3 is 10.2 Å². The van der Waals surface area contributed by atoms with Crippen molar-refractivity contribution in [1.29, 1.82) is 0 Å². The summed E-state index contributed by atoms with van der Waals surface area (Å²) in [4.78, 5) is 26.6. The Hall–Kier alpha value is -1.36. The van der Waals surface area contributed by atoms with Crippen molar-refractivity contribution in [2.75, 3.05) is 6.54 Å². The predicted molar refractivity (Wildman–Crippen MR) is 64.8 cm³/mol. The standard InChI is InChI=1S/C12H14N2O2S/c15-11-9(3-1-2-5-13-11)14-7-8-4-6-17-10(8)12(14)16/h4,6,9H,1-3,5,7H2,(H,13,15)/t9-/m0/s1. The Labute approximate surface area is 104 Å². The molecule has 3 rings (SSSR count). The number of thiophene rings is 1. The third kappa shape index (κ3) is 1.74. The number of nitrogens with zero attached hydrogens (tertiary/aromatic N) is 1. The number of rotatable bonds is 1. The van der Waals surface area contributed by atoms with Gasteiger partial charge in [-0.1, -0.05) is 0 Å². The quantitative estimate of drug-likeness (QED) is 0.818. The molecule has 2 aliphatic rings. The van der Waals surface area contributed by atoms with E-state index in [0.717, 1.165) is 36.2 Å². The van der Waals surface area contributed by atoms with Gasteiger partial charge in [0.1, 0.15) is 6.04 Å². The van der Waals surface area contributed by atoms with Crippen molar-refractivity contribution in [1.82, 2.24) is 10.2 Å². The van der Waals surface area contributed by atoms with E-state index >= 15 is 0 Å². The fraction of sp³-hybridized carbons (Fsp3) is 0.500. The first-order valence-electron chi connectivity index (χ1n) is 5.92. The van der Waals surface area contributed by atoms with Crippen LogP contribution in [0.5, 0.6) is 0 Å². The van der Waals surface area contributed by atoms with Crippen LogP contribution in [0.25, 0.3) is 0 Å². The van der Waals surface area contributed by atoms with Gasteiger partial charge in [-0.15, -0.1) is 11.3 Å². The molecule has 0 bridgehead atoms. The minimum atomic E-state index is -0.274. The van der Waals surface area contributed by atoms with E-state index < -0.39 is 0 Å². The van der Waals surface area contributed by atoms with Crippen molar-refractivity contribution in [2.45, 2.75) is 31.8 Å². The molecule has 17 heavy (non-hydrogen) atoms. The van der Waals surface area contributed by atoms with Crippen LogP contribution in [0, 0.1) is 0 Å². The normalized spacial score (nSPS) is 24.5. The van der Waals surface area contributed by atoms with Crippen molar-refractivity contribution in [2.24, 2.45) is 0 Å². The molecule has 2 aliphatic heterocycles. The van der Waals surface area contributed by atoms with Crippen molar-refractivity contribution < 1.29 is 9.59 Å². The molecule has 0 unspecified atom stereocenters. The molecule has 0 spiro atoms. The third-order valence-corrected chi connectivity index (χ3v) is 4.37. The van der Waals surface area contributed by atoms with E-state index in [9.17, 15) is 9.59 Å². The van der Waals surface area contributed by atoms with Gasteiger partial charge in [0.2, 0.25) is 5.91 Å². The van der Waals surface area contributed by atoms with Crippen LogP contribution in [0.3, 0.4) is 0 Å². The second-order valence-electron chi connectivity index (χ2n) is 4.51. The molecule has 0 saturated carbocycles. The lowest BCUT2D eigenvalue weighted by molar-refractivity contribution is -0.125. The summed E-state index contributed by atoms with van der Waals surface area (Å²) in [6, 6.07) is 1.71. The van der Waals surface area contributed by atoms with E-state index in [1.807, 2.05) is 11.4 Å². The molecule has 0 radical (unpaired) electrons. The summed E-state index contributed by atoms with van der Waals surface area (Å²) in [6.07, 6.45) is 2.79. The maximum absolute atomic E-state index is 12.2. The van der Waals surface area contributed by atoms with Gasteiger partial charge in [0.25, 0.3) is 5.91 Å². The highest BCUT2D eigenvalue weighted by molar-refractivity contribution is 7.12. The molecule has 4 nitrogen and oxygen atoms in total. The molecule has 1 saturated heterocycles. The lowest BCUT2D eigenvalue weighted by atomic mass is 10.1. The topological polar surface area (TPSA) is 49.4 Å². The van der Waals surface area contributed by atoms with Gasteiger partial charge in [0.05, 0.1) is 4.88 Å². The molecule has 90 valence electrons. The first kappa shape index (κ1) is 10.8. The number of fused-ring (bicyclic) bond motifs is 1. The average Bonchev–Trinajstić information content (AvgIpc) is 2.81. The number of amides is 2. The maximum atomic E-state index is 12.2. The number of nitrogens with one attached hydrogen (secondary N) is 1. The highest BCUT2D eigenvalue weighted by Crippen LogP contribution is 2.30. The zero-order chi connectivity index (χ0) is 11.8. The Morgan fingerprint density at radius 3 is 3.06 bits per heavy atom. The summed E-state index contributed by atoms with van der Waals surface area (Å²) in [5.41, 5.74) is 1.07. The van der Waals surface area contributed by atoms with E-state index in [4.69, 9.17) is 0 Å². The molecule has 1 aromatic heterocycles. The van der Waals surface area contributed by atoms with Gasteiger partial charge in [-0.25, -0.2) is 0 Å². The molecule has 1 atom stereocenters. The molecule has 2 amide bonds. The molecule has 0 aliphatic carbocycles. The second kappa shape index (κ2) is 4.14. The zero-order valence-electron chi connectivity index (χ0n) is 9.44. The molecule has 1 fully saturated rings. The molecular weight excluding hydrogens is 236 g/mol. The van der Waals surface area contributed by atoms with Crippen molar-refractivity contribution in [3.63, 3.8) is 0 Å². The number of hydrogen-bond acceptors (Lipinski definition) is 3. The fourth-order valence-electron chi connectivity index (χ4n) is 2.51. The Kier molecular flexibility index (Phi) is 2.63. The molecule has 1 N–H and O–H groups in total. The van der Waals surface area contributed by atoms with Crippen molar-refractivity contribution in [3.05, 3.63) is 21.9 Å². The Morgan fingerprint density at radius 1 is 1.35 bits per heavy atom. The third-order valence-electron chi connectivity index (χ3n) is 3.43. The molecule has 1 aromatic rings. The predicted octanol–water partition coefficient (Wildman–Crippen LogP) is 1.37. The fourth-order valence-corrected chi connectivity index (χ4v) is 3.38. The molecule has 0 aromatic carbocycles. The Morgan fingerprint density at radius 2 is 2.24 bits per heavy atom. The van der Waals surface area contributed by atoms with Crippen LogP contribution < -0.4 is 5.32 Å². The Bertz CT molecular complexity index is 469. The van der Waals surface area contributed by atoms with Crippen LogP contribution in [0.15, 0.2) is 11.4 Å². The van der Waals surface area contributed by atoms with Gasteiger partial charge in [-0.3, -0.25) is 9.59 Å². The number of hydrogen-bond donors (Lipinski definition) is 1. The first-order chi connectivity index (χ1) is 8.27. The van der Waals surface area contributed by atoms with Crippen LogP contribution in [-0.4, -0.2) is 29.3 Å². The van der Waals surface area contributed by atoms with Crippen LogP contribution in [0.1, 0.15) is 34.5 Å². The summed E-state index contributed by atoms with van der Waals surface area (Å²) < 4.78 is 0. The molecule has 5 heteroatoms. The van der Waals surface area contributed by atoms with Gasteiger partial charge >= 0.3 is 0 Å². The van der Waals surface area contributed by atoms with E-state index in [1.165, 1.54) is 11.3 Å². The smallest absolute Gasteiger partial charge is 0.265 e. The molecular formula is C12H14N2O2S. The van der Waals surface area contributed by atoms with Crippen LogP contribution in [0.4, 0.5) is 0 Å². The highest BCUT2D eigenvalue weighted by atomic mass is 32.1. The zero-order valence-corrected chi connectivity index (χ0v) is 10.3. The first-order valence-corrected chi connectivity index (χ1v) is 6.80. The molecule has 3 heterocycles. The average molecular weight is 250 g/mol. The summed E-state index contributed by atoms with van der Waals surface area (Å²) in [6.45, 7) is 1.33. The number of carbonyl (C=O) groups is 2.